The lowest BCUT2D eigenvalue weighted by atomic mass is 10.2. The summed E-state index contributed by atoms with van der Waals surface area (Å²) in [6, 6.07) is -0.00556. The Morgan fingerprint density at radius 3 is 3.08 bits per heavy atom. The first-order valence-corrected chi connectivity index (χ1v) is 4.89. The molecule has 0 spiro atoms. The molecule has 0 saturated carbocycles. The minimum Gasteiger partial charge on any atom is -0.393 e. The van der Waals surface area contributed by atoms with Gasteiger partial charge < -0.3 is 15.7 Å². The van der Waals surface area contributed by atoms with Gasteiger partial charge in [0.05, 0.1) is 12.1 Å². The molecule has 2 atom stereocenters. The van der Waals surface area contributed by atoms with E-state index in [2.05, 4.69) is 10.6 Å². The molecule has 0 radical (unpaired) electrons. The highest BCUT2D eigenvalue weighted by atomic mass is 16.3. The van der Waals surface area contributed by atoms with Gasteiger partial charge in [0.15, 0.2) is 0 Å². The molecule has 76 valence electrons. The van der Waals surface area contributed by atoms with Crippen LogP contribution in [0.4, 0.5) is 0 Å². The fourth-order valence-corrected chi connectivity index (χ4v) is 1.44. The molecule has 4 nitrogen and oxygen atoms in total. The number of aliphatic hydroxyl groups is 1. The molecule has 1 fully saturated rings. The molecule has 1 heterocycles. The maximum atomic E-state index is 11.4. The molecular formula is C9H18N2O2. The lowest BCUT2D eigenvalue weighted by molar-refractivity contribution is -0.122. The Bertz CT molecular complexity index is 165. The summed E-state index contributed by atoms with van der Waals surface area (Å²) in [6.07, 6.45) is 2.30. The van der Waals surface area contributed by atoms with Crippen LogP contribution in [0.3, 0.4) is 0 Å². The first-order valence-electron chi connectivity index (χ1n) is 4.89. The number of carbonyl (C=O) groups excluding carboxylic acids is 1. The third-order valence-corrected chi connectivity index (χ3v) is 2.24. The van der Waals surface area contributed by atoms with Gasteiger partial charge in [-0.1, -0.05) is 0 Å². The Labute approximate surface area is 78.7 Å². The van der Waals surface area contributed by atoms with E-state index in [1.54, 1.807) is 6.92 Å². The molecule has 0 aromatic rings. The van der Waals surface area contributed by atoms with Crippen molar-refractivity contribution in [2.24, 2.45) is 0 Å². The highest BCUT2D eigenvalue weighted by Crippen LogP contribution is 2.04. The summed E-state index contributed by atoms with van der Waals surface area (Å²) in [6.45, 7) is 3.23. The van der Waals surface area contributed by atoms with E-state index in [-0.39, 0.29) is 18.1 Å². The van der Waals surface area contributed by atoms with Crippen LogP contribution in [0.2, 0.25) is 0 Å². The molecule has 0 aromatic heterocycles. The predicted octanol–water partition coefficient (Wildman–Crippen LogP) is -0.374. The van der Waals surface area contributed by atoms with Crippen molar-refractivity contribution in [1.82, 2.24) is 10.6 Å². The van der Waals surface area contributed by atoms with Crippen LogP contribution in [-0.4, -0.2) is 36.2 Å². The van der Waals surface area contributed by atoms with E-state index in [0.717, 1.165) is 19.4 Å². The van der Waals surface area contributed by atoms with E-state index < -0.39 is 0 Å². The van der Waals surface area contributed by atoms with Crippen LogP contribution in [0.1, 0.15) is 26.2 Å². The number of hydrogen-bond donors (Lipinski definition) is 3. The van der Waals surface area contributed by atoms with E-state index in [1.807, 2.05) is 0 Å². The quantitative estimate of drug-likeness (QED) is 0.561. The van der Waals surface area contributed by atoms with Gasteiger partial charge in [-0.2, -0.15) is 0 Å². The van der Waals surface area contributed by atoms with Gasteiger partial charge in [-0.15, -0.1) is 0 Å². The van der Waals surface area contributed by atoms with Crippen LogP contribution in [0.15, 0.2) is 0 Å². The second-order valence-corrected chi connectivity index (χ2v) is 3.58. The van der Waals surface area contributed by atoms with E-state index >= 15 is 0 Å². The molecule has 1 amide bonds. The van der Waals surface area contributed by atoms with Crippen molar-refractivity contribution < 1.29 is 9.90 Å². The Hall–Kier alpha value is -0.610. The lowest BCUT2D eigenvalue weighted by Crippen LogP contribution is -2.41. The second kappa shape index (κ2) is 5.19. The predicted molar refractivity (Wildman–Crippen MR) is 50.3 cm³/mol. The van der Waals surface area contributed by atoms with E-state index in [0.29, 0.717) is 13.0 Å². The van der Waals surface area contributed by atoms with Crippen LogP contribution in [-0.2, 0) is 4.79 Å². The van der Waals surface area contributed by atoms with Crippen LogP contribution < -0.4 is 10.6 Å². The van der Waals surface area contributed by atoms with Gasteiger partial charge in [0, 0.05) is 6.54 Å². The van der Waals surface area contributed by atoms with Crippen molar-refractivity contribution in [3.05, 3.63) is 0 Å². The lowest BCUT2D eigenvalue weighted by Gasteiger charge is -2.11. The van der Waals surface area contributed by atoms with E-state index in [9.17, 15) is 4.79 Å². The molecule has 3 N–H and O–H groups in total. The van der Waals surface area contributed by atoms with Gasteiger partial charge in [0.1, 0.15) is 0 Å². The first kappa shape index (κ1) is 10.5. The number of rotatable bonds is 4. The maximum Gasteiger partial charge on any atom is 0.237 e. The molecule has 1 saturated heterocycles. The standard InChI is InChI=1S/C9H18N2O2/c1-7(12)4-6-11-9(13)8-3-2-5-10-8/h7-8,10,12H,2-6H2,1H3,(H,11,13)/t7?,8-/m1/s1. The van der Waals surface area contributed by atoms with Gasteiger partial charge in [-0.25, -0.2) is 0 Å². The number of nitrogens with one attached hydrogen (secondary N) is 2. The number of carbonyl (C=O) groups is 1. The van der Waals surface area contributed by atoms with Gasteiger partial charge in [0.2, 0.25) is 5.91 Å². The van der Waals surface area contributed by atoms with Crippen molar-refractivity contribution >= 4 is 5.91 Å². The largest absolute Gasteiger partial charge is 0.393 e. The summed E-state index contributed by atoms with van der Waals surface area (Å²) in [5.74, 6) is 0.0677. The summed E-state index contributed by atoms with van der Waals surface area (Å²) in [4.78, 5) is 11.4. The molecule has 1 rings (SSSR count). The Morgan fingerprint density at radius 2 is 2.54 bits per heavy atom. The summed E-state index contributed by atoms with van der Waals surface area (Å²) in [7, 11) is 0. The molecule has 1 unspecified atom stereocenters. The monoisotopic (exact) mass is 186 g/mol. The number of hydrogen-bond acceptors (Lipinski definition) is 3. The van der Waals surface area contributed by atoms with E-state index in [1.165, 1.54) is 0 Å². The van der Waals surface area contributed by atoms with Crippen LogP contribution in [0, 0.1) is 0 Å². The fourth-order valence-electron chi connectivity index (χ4n) is 1.44. The summed E-state index contributed by atoms with van der Waals surface area (Å²) in [5.41, 5.74) is 0. The summed E-state index contributed by atoms with van der Waals surface area (Å²) >= 11 is 0. The zero-order valence-corrected chi connectivity index (χ0v) is 8.05. The van der Waals surface area contributed by atoms with Crippen molar-refractivity contribution in [2.45, 2.75) is 38.3 Å². The number of aliphatic hydroxyl groups excluding tert-OH is 1. The van der Waals surface area contributed by atoms with Crippen molar-refractivity contribution in [1.29, 1.82) is 0 Å². The zero-order chi connectivity index (χ0) is 9.68. The summed E-state index contributed by atoms with van der Waals surface area (Å²) in [5, 5.41) is 14.9. The minimum absolute atomic E-state index is 0.00556. The van der Waals surface area contributed by atoms with Gasteiger partial charge in [0.25, 0.3) is 0 Å². The molecule has 1 aliphatic heterocycles. The highest BCUT2D eigenvalue weighted by Gasteiger charge is 2.21. The second-order valence-electron chi connectivity index (χ2n) is 3.58. The molecule has 4 heteroatoms. The molecule has 13 heavy (non-hydrogen) atoms. The van der Waals surface area contributed by atoms with Gasteiger partial charge in [-0.3, -0.25) is 4.79 Å². The molecule has 1 aliphatic rings. The van der Waals surface area contributed by atoms with E-state index in [4.69, 9.17) is 5.11 Å². The van der Waals surface area contributed by atoms with Gasteiger partial charge in [-0.05, 0) is 32.7 Å². The third kappa shape index (κ3) is 3.74. The van der Waals surface area contributed by atoms with Crippen molar-refractivity contribution in [3.8, 4) is 0 Å². The molecular weight excluding hydrogens is 168 g/mol. The first-order chi connectivity index (χ1) is 6.20. The molecule has 0 aliphatic carbocycles. The SMILES string of the molecule is CC(O)CCNC(=O)[C@H]1CCCN1. The minimum atomic E-state index is -0.336. The van der Waals surface area contributed by atoms with Crippen LogP contribution in [0.5, 0.6) is 0 Å². The van der Waals surface area contributed by atoms with Crippen molar-refractivity contribution in [2.75, 3.05) is 13.1 Å². The Balaban J connectivity index is 2.10. The topological polar surface area (TPSA) is 61.4 Å². The maximum absolute atomic E-state index is 11.4. The fraction of sp³-hybridized carbons (Fsp3) is 0.889. The van der Waals surface area contributed by atoms with Crippen LogP contribution >= 0.6 is 0 Å². The Morgan fingerprint density at radius 1 is 1.77 bits per heavy atom. The Kier molecular flexibility index (Phi) is 4.18. The van der Waals surface area contributed by atoms with Gasteiger partial charge >= 0.3 is 0 Å². The highest BCUT2D eigenvalue weighted by molar-refractivity contribution is 5.81. The summed E-state index contributed by atoms with van der Waals surface area (Å²) < 4.78 is 0. The molecule has 0 aromatic carbocycles. The van der Waals surface area contributed by atoms with Crippen LogP contribution in [0.25, 0.3) is 0 Å². The number of amides is 1. The third-order valence-electron chi connectivity index (χ3n) is 2.24. The van der Waals surface area contributed by atoms with Crippen molar-refractivity contribution in [3.63, 3.8) is 0 Å². The molecule has 0 bridgehead atoms. The normalized spacial score (nSPS) is 24.3. The zero-order valence-electron chi connectivity index (χ0n) is 8.05. The smallest absolute Gasteiger partial charge is 0.237 e. The average molecular weight is 186 g/mol. The average Bonchev–Trinajstić information content (AvgIpc) is 2.55.